The van der Waals surface area contributed by atoms with E-state index in [9.17, 15) is 0 Å². The lowest BCUT2D eigenvalue weighted by Gasteiger charge is -2.31. The van der Waals surface area contributed by atoms with Gasteiger partial charge in [-0.25, -0.2) is 4.98 Å². The van der Waals surface area contributed by atoms with Gasteiger partial charge in [0.25, 0.3) is 0 Å². The number of aryl methyl sites for hydroxylation is 1. The van der Waals surface area contributed by atoms with Gasteiger partial charge in [0.2, 0.25) is 0 Å². The Labute approximate surface area is 139 Å². The standard InChI is InChI=1S/C14H25N3S.2ClH/c1-12-14(18-11-16-12)6-10-17-8-4-13(5-9-17)3-7-15-2;;/h11,13,15H,3-10H2,1-2H3;2*1H. The number of thiazole rings is 1. The molecule has 0 atom stereocenters. The monoisotopic (exact) mass is 339 g/mol. The molecule has 0 unspecified atom stereocenters. The van der Waals surface area contributed by atoms with Gasteiger partial charge in [-0.05, 0) is 65.2 Å². The maximum absolute atomic E-state index is 4.32. The smallest absolute Gasteiger partial charge is 0.0797 e. The van der Waals surface area contributed by atoms with Crippen molar-refractivity contribution in [2.75, 3.05) is 33.2 Å². The van der Waals surface area contributed by atoms with Crippen molar-refractivity contribution >= 4 is 36.2 Å². The first-order chi connectivity index (χ1) is 8.79. The molecule has 0 amide bonds. The fourth-order valence-corrected chi connectivity index (χ4v) is 3.44. The van der Waals surface area contributed by atoms with Crippen LogP contribution < -0.4 is 5.32 Å². The van der Waals surface area contributed by atoms with Crippen LogP contribution in [0.25, 0.3) is 0 Å². The van der Waals surface area contributed by atoms with E-state index < -0.39 is 0 Å². The van der Waals surface area contributed by atoms with Gasteiger partial charge in [-0.1, -0.05) is 0 Å². The Morgan fingerprint density at radius 2 is 2.05 bits per heavy atom. The van der Waals surface area contributed by atoms with Gasteiger partial charge >= 0.3 is 0 Å². The third-order valence-corrected chi connectivity index (χ3v) is 5.00. The molecular weight excluding hydrogens is 313 g/mol. The molecule has 0 saturated carbocycles. The van der Waals surface area contributed by atoms with Gasteiger partial charge in [-0.3, -0.25) is 0 Å². The number of hydrogen-bond donors (Lipinski definition) is 1. The van der Waals surface area contributed by atoms with E-state index >= 15 is 0 Å². The number of hydrogen-bond acceptors (Lipinski definition) is 4. The van der Waals surface area contributed by atoms with E-state index in [1.807, 2.05) is 12.6 Å². The molecule has 1 aliphatic rings. The normalized spacial score (nSPS) is 16.5. The highest BCUT2D eigenvalue weighted by Gasteiger charge is 2.18. The lowest BCUT2D eigenvalue weighted by molar-refractivity contribution is 0.181. The molecule has 0 bridgehead atoms. The summed E-state index contributed by atoms with van der Waals surface area (Å²) in [6.07, 6.45) is 5.28. The number of likely N-dealkylation sites (tertiary alicyclic amines) is 1. The van der Waals surface area contributed by atoms with Crippen LogP contribution in [0.15, 0.2) is 5.51 Å². The predicted octanol–water partition coefficient (Wildman–Crippen LogP) is 3.16. The van der Waals surface area contributed by atoms with Crippen molar-refractivity contribution < 1.29 is 0 Å². The van der Waals surface area contributed by atoms with Crippen molar-refractivity contribution in [1.82, 2.24) is 15.2 Å². The Morgan fingerprint density at radius 3 is 2.60 bits per heavy atom. The van der Waals surface area contributed by atoms with Gasteiger partial charge in [0, 0.05) is 11.4 Å². The van der Waals surface area contributed by atoms with Gasteiger partial charge in [0.05, 0.1) is 11.2 Å². The van der Waals surface area contributed by atoms with Crippen molar-refractivity contribution in [2.45, 2.75) is 32.6 Å². The van der Waals surface area contributed by atoms with Gasteiger partial charge < -0.3 is 10.2 Å². The minimum Gasteiger partial charge on any atom is -0.320 e. The molecule has 1 fully saturated rings. The first-order valence-electron chi connectivity index (χ1n) is 7.05. The third kappa shape index (κ3) is 6.27. The SMILES string of the molecule is CNCCC1CCN(CCc2scnc2C)CC1.Cl.Cl. The molecule has 1 aromatic heterocycles. The van der Waals surface area contributed by atoms with Gasteiger partial charge in [-0.15, -0.1) is 36.2 Å². The van der Waals surface area contributed by atoms with Crippen LogP contribution in [0.3, 0.4) is 0 Å². The zero-order valence-corrected chi connectivity index (χ0v) is 14.9. The minimum atomic E-state index is 0. The number of halogens is 2. The van der Waals surface area contributed by atoms with Crippen LogP contribution >= 0.6 is 36.2 Å². The molecule has 3 nitrogen and oxygen atoms in total. The Morgan fingerprint density at radius 1 is 1.35 bits per heavy atom. The average molecular weight is 340 g/mol. The first kappa shape index (κ1) is 20.1. The average Bonchev–Trinajstić information content (AvgIpc) is 2.81. The number of rotatable bonds is 6. The molecule has 0 radical (unpaired) electrons. The Kier molecular flexibility index (Phi) is 10.9. The van der Waals surface area contributed by atoms with Crippen LogP contribution in [0.5, 0.6) is 0 Å². The Bertz CT molecular complexity index is 352. The van der Waals surface area contributed by atoms with Crippen molar-refractivity contribution in [1.29, 1.82) is 0 Å². The fourth-order valence-electron chi connectivity index (χ4n) is 2.67. The van der Waals surface area contributed by atoms with Gasteiger partial charge in [-0.2, -0.15) is 0 Å². The van der Waals surface area contributed by atoms with Crippen LogP contribution in [0.1, 0.15) is 29.8 Å². The van der Waals surface area contributed by atoms with Crippen LogP contribution in [-0.4, -0.2) is 43.1 Å². The Hall–Kier alpha value is 0.130. The summed E-state index contributed by atoms with van der Waals surface area (Å²) in [5, 5.41) is 3.26. The van der Waals surface area contributed by atoms with E-state index in [0.29, 0.717) is 0 Å². The van der Waals surface area contributed by atoms with Crippen LogP contribution in [0.4, 0.5) is 0 Å². The van der Waals surface area contributed by atoms with E-state index in [0.717, 1.165) is 5.92 Å². The summed E-state index contributed by atoms with van der Waals surface area (Å²) in [7, 11) is 2.05. The summed E-state index contributed by atoms with van der Waals surface area (Å²) in [6, 6.07) is 0. The van der Waals surface area contributed by atoms with E-state index in [2.05, 4.69) is 22.1 Å². The first-order valence-corrected chi connectivity index (χ1v) is 7.93. The molecule has 0 aromatic carbocycles. The summed E-state index contributed by atoms with van der Waals surface area (Å²) in [6.45, 7) is 7.07. The molecule has 1 aliphatic heterocycles. The third-order valence-electron chi connectivity index (χ3n) is 4.01. The van der Waals surface area contributed by atoms with Crippen LogP contribution in [0, 0.1) is 12.8 Å². The topological polar surface area (TPSA) is 28.2 Å². The molecular formula is C14H27Cl2N3S. The molecule has 6 heteroatoms. The minimum absolute atomic E-state index is 0. The molecule has 1 N–H and O–H groups in total. The van der Waals surface area contributed by atoms with Gasteiger partial charge in [0.15, 0.2) is 0 Å². The highest BCUT2D eigenvalue weighted by atomic mass is 35.5. The van der Waals surface area contributed by atoms with Crippen LogP contribution in [-0.2, 0) is 6.42 Å². The summed E-state index contributed by atoms with van der Waals surface area (Å²) in [5.74, 6) is 0.943. The predicted molar refractivity (Wildman–Crippen MR) is 92.8 cm³/mol. The largest absolute Gasteiger partial charge is 0.320 e. The quantitative estimate of drug-likeness (QED) is 0.862. The zero-order chi connectivity index (χ0) is 12.8. The molecule has 0 aliphatic carbocycles. The van der Waals surface area contributed by atoms with E-state index in [1.165, 1.54) is 62.4 Å². The summed E-state index contributed by atoms with van der Waals surface area (Å²) < 4.78 is 0. The molecule has 0 spiro atoms. The number of nitrogens with one attached hydrogen (secondary N) is 1. The molecule has 1 saturated heterocycles. The number of nitrogens with zero attached hydrogens (tertiary/aromatic N) is 2. The summed E-state index contributed by atoms with van der Waals surface area (Å²) in [4.78, 5) is 8.40. The molecule has 20 heavy (non-hydrogen) atoms. The lowest BCUT2D eigenvalue weighted by atomic mass is 9.93. The summed E-state index contributed by atoms with van der Waals surface area (Å²) in [5.41, 5.74) is 3.19. The highest BCUT2D eigenvalue weighted by molar-refractivity contribution is 7.09. The number of piperidine rings is 1. The Balaban J connectivity index is 0.00000180. The van der Waals surface area contributed by atoms with Gasteiger partial charge in [0.1, 0.15) is 0 Å². The van der Waals surface area contributed by atoms with Crippen molar-refractivity contribution in [3.05, 3.63) is 16.1 Å². The van der Waals surface area contributed by atoms with Crippen molar-refractivity contribution in [2.24, 2.45) is 5.92 Å². The summed E-state index contributed by atoms with van der Waals surface area (Å²) >= 11 is 1.80. The number of aromatic nitrogens is 1. The van der Waals surface area contributed by atoms with E-state index in [4.69, 9.17) is 0 Å². The second-order valence-electron chi connectivity index (χ2n) is 5.29. The molecule has 2 heterocycles. The maximum atomic E-state index is 4.32. The molecule has 2 rings (SSSR count). The molecule has 1 aromatic rings. The van der Waals surface area contributed by atoms with Crippen molar-refractivity contribution in [3.63, 3.8) is 0 Å². The fraction of sp³-hybridized carbons (Fsp3) is 0.786. The second-order valence-corrected chi connectivity index (χ2v) is 6.23. The van der Waals surface area contributed by atoms with Crippen LogP contribution in [0.2, 0.25) is 0 Å². The zero-order valence-electron chi connectivity index (χ0n) is 12.4. The maximum Gasteiger partial charge on any atom is 0.0797 e. The second kappa shape index (κ2) is 10.8. The van der Waals surface area contributed by atoms with E-state index in [1.54, 1.807) is 11.3 Å². The van der Waals surface area contributed by atoms with Crippen molar-refractivity contribution in [3.8, 4) is 0 Å². The highest BCUT2D eigenvalue weighted by Crippen LogP contribution is 2.21. The van der Waals surface area contributed by atoms with E-state index in [-0.39, 0.29) is 24.8 Å². The molecule has 118 valence electrons. The lowest BCUT2D eigenvalue weighted by Crippen LogP contribution is -2.35.